The van der Waals surface area contributed by atoms with E-state index >= 15 is 0 Å². The third-order valence-electron chi connectivity index (χ3n) is 3.36. The number of hydrogen-bond acceptors (Lipinski definition) is 5. The minimum absolute atomic E-state index is 0.248. The number of ether oxygens (including phenoxy) is 1. The molecule has 0 spiro atoms. The standard InChI is InChI=1S/C16H17N3O2/c1-2-15-18-19-16(21-15)10-20-14-8-7-11-5-3-4-6-12(11)13(14)9-17/h3-8H,2,9-10,17H2,1H3. The van der Waals surface area contributed by atoms with Gasteiger partial charge >= 0.3 is 0 Å². The second-order valence-corrected chi connectivity index (χ2v) is 4.70. The largest absolute Gasteiger partial charge is 0.483 e. The van der Waals surface area contributed by atoms with E-state index < -0.39 is 0 Å². The van der Waals surface area contributed by atoms with Crippen LogP contribution in [0.3, 0.4) is 0 Å². The molecule has 3 aromatic rings. The zero-order valence-electron chi connectivity index (χ0n) is 11.9. The van der Waals surface area contributed by atoms with E-state index in [0.717, 1.165) is 28.5 Å². The molecule has 0 radical (unpaired) electrons. The van der Waals surface area contributed by atoms with Crippen molar-refractivity contribution in [3.05, 3.63) is 53.7 Å². The van der Waals surface area contributed by atoms with Crippen LogP contribution in [0.5, 0.6) is 5.75 Å². The van der Waals surface area contributed by atoms with Crippen molar-refractivity contribution in [2.24, 2.45) is 5.73 Å². The Morgan fingerprint density at radius 2 is 1.90 bits per heavy atom. The topological polar surface area (TPSA) is 74.2 Å². The van der Waals surface area contributed by atoms with Gasteiger partial charge in [-0.25, -0.2) is 0 Å². The lowest BCUT2D eigenvalue weighted by atomic mass is 10.0. The number of aryl methyl sites for hydroxylation is 1. The summed E-state index contributed by atoms with van der Waals surface area (Å²) in [5, 5.41) is 10.1. The van der Waals surface area contributed by atoms with Crippen LogP contribution in [0.4, 0.5) is 0 Å². The van der Waals surface area contributed by atoms with Crippen molar-refractivity contribution in [1.82, 2.24) is 10.2 Å². The third-order valence-corrected chi connectivity index (χ3v) is 3.36. The fourth-order valence-corrected chi connectivity index (χ4v) is 2.29. The maximum atomic E-state index is 5.88. The molecule has 2 N–H and O–H groups in total. The quantitative estimate of drug-likeness (QED) is 0.779. The summed E-state index contributed by atoms with van der Waals surface area (Å²) in [4.78, 5) is 0. The lowest BCUT2D eigenvalue weighted by molar-refractivity contribution is 0.257. The summed E-state index contributed by atoms with van der Waals surface area (Å²) in [6.07, 6.45) is 0.719. The van der Waals surface area contributed by atoms with Gasteiger partial charge in [-0.3, -0.25) is 0 Å². The normalized spacial score (nSPS) is 11.0. The lowest BCUT2D eigenvalue weighted by Gasteiger charge is -2.11. The van der Waals surface area contributed by atoms with E-state index in [1.807, 2.05) is 37.3 Å². The molecule has 0 fully saturated rings. The minimum atomic E-state index is 0.248. The summed E-state index contributed by atoms with van der Waals surface area (Å²) in [5.41, 5.74) is 6.87. The molecule has 0 aliphatic rings. The molecular formula is C16H17N3O2. The number of benzene rings is 2. The number of aromatic nitrogens is 2. The van der Waals surface area contributed by atoms with E-state index in [4.69, 9.17) is 14.9 Å². The van der Waals surface area contributed by atoms with Crippen LogP contribution in [0.25, 0.3) is 10.8 Å². The highest BCUT2D eigenvalue weighted by Gasteiger charge is 2.10. The van der Waals surface area contributed by atoms with Crippen LogP contribution < -0.4 is 10.5 Å². The molecule has 0 bridgehead atoms. The molecule has 0 atom stereocenters. The van der Waals surface area contributed by atoms with Crippen LogP contribution in [0.1, 0.15) is 24.3 Å². The molecule has 0 aliphatic heterocycles. The molecule has 1 aromatic heterocycles. The van der Waals surface area contributed by atoms with Gasteiger partial charge in [0.25, 0.3) is 5.89 Å². The Kier molecular flexibility index (Phi) is 3.83. The molecule has 5 nitrogen and oxygen atoms in total. The molecule has 0 unspecified atom stereocenters. The molecule has 5 heteroatoms. The first-order valence-electron chi connectivity index (χ1n) is 6.96. The Hall–Kier alpha value is -2.40. The number of fused-ring (bicyclic) bond motifs is 1. The highest BCUT2D eigenvalue weighted by Crippen LogP contribution is 2.28. The highest BCUT2D eigenvalue weighted by molar-refractivity contribution is 5.87. The Labute approximate surface area is 122 Å². The second-order valence-electron chi connectivity index (χ2n) is 4.70. The molecule has 0 amide bonds. The predicted octanol–water partition coefficient (Wildman–Crippen LogP) is 2.82. The number of hydrogen-bond donors (Lipinski definition) is 1. The van der Waals surface area contributed by atoms with Crippen LogP contribution in [0.15, 0.2) is 40.8 Å². The van der Waals surface area contributed by atoms with Crippen molar-refractivity contribution >= 4 is 10.8 Å². The Morgan fingerprint density at radius 3 is 2.67 bits per heavy atom. The SMILES string of the molecule is CCc1nnc(COc2ccc3ccccc3c2CN)o1. The van der Waals surface area contributed by atoms with Gasteiger partial charge in [0.15, 0.2) is 6.61 Å². The molecule has 108 valence electrons. The van der Waals surface area contributed by atoms with Crippen LogP contribution in [0.2, 0.25) is 0 Å². The zero-order chi connectivity index (χ0) is 14.7. The van der Waals surface area contributed by atoms with Crippen LogP contribution >= 0.6 is 0 Å². The molecule has 0 saturated heterocycles. The summed E-state index contributed by atoms with van der Waals surface area (Å²) in [6, 6.07) is 12.1. The van der Waals surface area contributed by atoms with Crippen LogP contribution in [0, 0.1) is 0 Å². The van der Waals surface area contributed by atoms with Crippen molar-refractivity contribution in [2.45, 2.75) is 26.5 Å². The fraction of sp³-hybridized carbons (Fsp3) is 0.250. The van der Waals surface area contributed by atoms with E-state index in [-0.39, 0.29) is 6.61 Å². The molecule has 0 saturated carbocycles. The summed E-state index contributed by atoms with van der Waals surface area (Å²) < 4.78 is 11.2. The monoisotopic (exact) mass is 283 g/mol. The van der Waals surface area contributed by atoms with Gasteiger partial charge in [-0.15, -0.1) is 10.2 Å². The molecule has 21 heavy (non-hydrogen) atoms. The van der Waals surface area contributed by atoms with Gasteiger partial charge in [0, 0.05) is 18.5 Å². The van der Waals surface area contributed by atoms with E-state index in [9.17, 15) is 0 Å². The van der Waals surface area contributed by atoms with E-state index in [0.29, 0.717) is 18.3 Å². The lowest BCUT2D eigenvalue weighted by Crippen LogP contribution is -2.03. The Morgan fingerprint density at radius 1 is 1.10 bits per heavy atom. The van der Waals surface area contributed by atoms with Gasteiger partial charge in [-0.05, 0) is 16.8 Å². The zero-order valence-corrected chi connectivity index (χ0v) is 11.9. The highest BCUT2D eigenvalue weighted by atomic mass is 16.5. The van der Waals surface area contributed by atoms with Gasteiger partial charge < -0.3 is 14.9 Å². The average molecular weight is 283 g/mol. The second kappa shape index (κ2) is 5.93. The van der Waals surface area contributed by atoms with Crippen LogP contribution in [-0.2, 0) is 19.6 Å². The van der Waals surface area contributed by atoms with Crippen molar-refractivity contribution in [3.8, 4) is 5.75 Å². The van der Waals surface area contributed by atoms with E-state index in [1.54, 1.807) is 0 Å². The molecule has 1 heterocycles. The number of nitrogens with two attached hydrogens (primary N) is 1. The maximum absolute atomic E-state index is 5.88. The van der Waals surface area contributed by atoms with Gasteiger partial charge in [0.1, 0.15) is 5.75 Å². The summed E-state index contributed by atoms with van der Waals surface area (Å²) in [7, 11) is 0. The molecule has 0 aliphatic carbocycles. The third kappa shape index (κ3) is 2.73. The van der Waals surface area contributed by atoms with E-state index in [2.05, 4.69) is 16.3 Å². The predicted molar refractivity (Wildman–Crippen MR) is 79.8 cm³/mol. The van der Waals surface area contributed by atoms with Crippen molar-refractivity contribution < 1.29 is 9.15 Å². The van der Waals surface area contributed by atoms with Gasteiger partial charge in [-0.2, -0.15) is 0 Å². The molecule has 2 aromatic carbocycles. The first-order chi connectivity index (χ1) is 10.3. The summed E-state index contributed by atoms with van der Waals surface area (Å²) in [6.45, 7) is 2.63. The van der Waals surface area contributed by atoms with Crippen molar-refractivity contribution in [2.75, 3.05) is 0 Å². The number of nitrogens with zero attached hydrogens (tertiary/aromatic N) is 2. The number of rotatable bonds is 5. The summed E-state index contributed by atoms with van der Waals surface area (Å²) >= 11 is 0. The fourth-order valence-electron chi connectivity index (χ4n) is 2.29. The smallest absolute Gasteiger partial charge is 0.253 e. The van der Waals surface area contributed by atoms with Crippen LogP contribution in [-0.4, -0.2) is 10.2 Å². The van der Waals surface area contributed by atoms with Gasteiger partial charge in [0.2, 0.25) is 5.89 Å². The average Bonchev–Trinajstić information content (AvgIpc) is 3.00. The van der Waals surface area contributed by atoms with Crippen molar-refractivity contribution in [1.29, 1.82) is 0 Å². The Bertz CT molecular complexity index is 752. The maximum Gasteiger partial charge on any atom is 0.253 e. The van der Waals surface area contributed by atoms with E-state index in [1.165, 1.54) is 0 Å². The first kappa shape index (κ1) is 13.6. The molecule has 3 rings (SSSR count). The summed E-state index contributed by atoms with van der Waals surface area (Å²) in [5.74, 6) is 1.85. The first-order valence-corrected chi connectivity index (χ1v) is 6.96. The minimum Gasteiger partial charge on any atom is -0.483 e. The molecular weight excluding hydrogens is 266 g/mol. The van der Waals surface area contributed by atoms with Gasteiger partial charge in [0.05, 0.1) is 0 Å². The Balaban J connectivity index is 1.86. The van der Waals surface area contributed by atoms with Gasteiger partial charge in [-0.1, -0.05) is 37.3 Å². The van der Waals surface area contributed by atoms with Crippen molar-refractivity contribution in [3.63, 3.8) is 0 Å².